The van der Waals surface area contributed by atoms with Gasteiger partial charge in [0.05, 0.1) is 23.4 Å². The lowest BCUT2D eigenvalue weighted by molar-refractivity contribution is 0.406. The summed E-state index contributed by atoms with van der Waals surface area (Å²) in [5.74, 6) is 0.471. The van der Waals surface area contributed by atoms with E-state index in [9.17, 15) is 8.42 Å². The van der Waals surface area contributed by atoms with Crippen molar-refractivity contribution in [2.24, 2.45) is 0 Å². The van der Waals surface area contributed by atoms with Crippen molar-refractivity contribution >= 4 is 21.4 Å². The van der Waals surface area contributed by atoms with Crippen molar-refractivity contribution in [2.45, 2.75) is 37.8 Å². The molecule has 0 unspecified atom stereocenters. The number of rotatable bonds is 6. The zero-order valence-electron chi connectivity index (χ0n) is 19.4. The smallest absolute Gasteiger partial charge is 0.262 e. The van der Waals surface area contributed by atoms with E-state index in [4.69, 9.17) is 4.74 Å². The Morgan fingerprint density at radius 3 is 2.36 bits per heavy atom. The van der Waals surface area contributed by atoms with Gasteiger partial charge in [0.1, 0.15) is 5.75 Å². The maximum atomic E-state index is 13.2. The zero-order valence-corrected chi connectivity index (χ0v) is 20.2. The average molecular weight is 467 g/mol. The lowest BCUT2D eigenvalue weighted by Gasteiger charge is -2.38. The maximum Gasteiger partial charge on any atom is 0.262 e. The Hall–Kier alpha value is -3.10. The van der Waals surface area contributed by atoms with Crippen molar-refractivity contribution in [3.8, 4) is 17.0 Å². The van der Waals surface area contributed by atoms with Crippen LogP contribution in [0.15, 0.2) is 65.6 Å². The molecule has 3 aromatic rings. The number of pyridine rings is 1. The number of aromatic nitrogens is 1. The molecular formula is C25H30N4O3S. The number of hydrogen-bond donors (Lipinski definition) is 2. The van der Waals surface area contributed by atoms with Crippen molar-refractivity contribution in [2.75, 3.05) is 29.8 Å². The summed E-state index contributed by atoms with van der Waals surface area (Å²) in [6.07, 6.45) is 0. The number of methoxy groups -OCH3 is 1. The second-order valence-corrected chi connectivity index (χ2v) is 10.2. The van der Waals surface area contributed by atoms with Gasteiger partial charge in [-0.15, -0.1) is 0 Å². The number of piperazine rings is 1. The third-order valence-corrected chi connectivity index (χ3v) is 7.08. The molecule has 1 saturated heterocycles. The van der Waals surface area contributed by atoms with Crippen molar-refractivity contribution < 1.29 is 13.2 Å². The van der Waals surface area contributed by atoms with Crippen molar-refractivity contribution in [3.63, 3.8) is 0 Å². The van der Waals surface area contributed by atoms with Gasteiger partial charge in [0, 0.05) is 42.1 Å². The number of sulfonamides is 1. The van der Waals surface area contributed by atoms with Gasteiger partial charge < -0.3 is 15.0 Å². The second kappa shape index (κ2) is 9.41. The van der Waals surface area contributed by atoms with Gasteiger partial charge in [0.2, 0.25) is 0 Å². The molecule has 1 aliphatic heterocycles. The van der Waals surface area contributed by atoms with E-state index in [0.29, 0.717) is 23.5 Å². The van der Waals surface area contributed by atoms with Crippen LogP contribution in [0.25, 0.3) is 11.3 Å². The van der Waals surface area contributed by atoms with Gasteiger partial charge >= 0.3 is 0 Å². The van der Waals surface area contributed by atoms with Crippen LogP contribution in [0.5, 0.6) is 5.75 Å². The summed E-state index contributed by atoms with van der Waals surface area (Å²) < 4.78 is 34.5. The van der Waals surface area contributed by atoms with E-state index in [1.54, 1.807) is 30.3 Å². The third kappa shape index (κ3) is 5.29. The fourth-order valence-corrected chi connectivity index (χ4v) is 5.28. The molecule has 0 radical (unpaired) electrons. The number of benzene rings is 2. The molecule has 1 fully saturated rings. The molecule has 2 heterocycles. The van der Waals surface area contributed by atoms with Crippen LogP contribution < -0.4 is 19.7 Å². The number of hydrogen-bond acceptors (Lipinski definition) is 6. The summed E-state index contributed by atoms with van der Waals surface area (Å²) in [7, 11) is -2.27. The van der Waals surface area contributed by atoms with E-state index in [1.807, 2.05) is 37.3 Å². The average Bonchev–Trinajstić information content (AvgIpc) is 2.78. The zero-order chi connectivity index (χ0) is 23.6. The number of nitrogens with zero attached hydrogens (tertiary/aromatic N) is 2. The van der Waals surface area contributed by atoms with Crippen LogP contribution in [0.2, 0.25) is 0 Å². The number of ether oxygens (including phenoxy) is 1. The molecule has 0 amide bonds. The number of aryl methyl sites for hydroxylation is 1. The van der Waals surface area contributed by atoms with Gasteiger partial charge in [-0.2, -0.15) is 0 Å². The lowest BCUT2D eigenvalue weighted by Crippen LogP contribution is -2.54. The first-order valence-corrected chi connectivity index (χ1v) is 12.5. The monoisotopic (exact) mass is 466 g/mol. The molecule has 2 atom stereocenters. The van der Waals surface area contributed by atoms with E-state index in [0.717, 1.165) is 35.7 Å². The first-order valence-electron chi connectivity index (χ1n) is 11.0. The van der Waals surface area contributed by atoms with E-state index >= 15 is 0 Å². The van der Waals surface area contributed by atoms with Crippen LogP contribution >= 0.6 is 0 Å². The van der Waals surface area contributed by atoms with Crippen LogP contribution in [0.1, 0.15) is 19.5 Å². The van der Waals surface area contributed by atoms with Crippen LogP contribution in [0.3, 0.4) is 0 Å². The molecule has 4 rings (SSSR count). The second-order valence-electron chi connectivity index (χ2n) is 8.55. The summed E-state index contributed by atoms with van der Waals surface area (Å²) in [5, 5.41) is 3.51. The molecule has 0 saturated carbocycles. The van der Waals surface area contributed by atoms with Gasteiger partial charge in [-0.3, -0.25) is 9.71 Å². The first kappa shape index (κ1) is 23.1. The van der Waals surface area contributed by atoms with Crippen LogP contribution in [-0.2, 0) is 10.0 Å². The molecule has 0 aliphatic carbocycles. The minimum atomic E-state index is -3.80. The van der Waals surface area contributed by atoms with Crippen molar-refractivity contribution in [3.05, 3.63) is 66.4 Å². The maximum absolute atomic E-state index is 13.2. The van der Waals surface area contributed by atoms with Crippen molar-refractivity contribution in [1.82, 2.24) is 10.3 Å². The molecule has 0 bridgehead atoms. The molecule has 2 aromatic carbocycles. The van der Waals surface area contributed by atoms with E-state index in [-0.39, 0.29) is 4.90 Å². The van der Waals surface area contributed by atoms with E-state index in [1.165, 1.54) is 7.11 Å². The van der Waals surface area contributed by atoms with Gasteiger partial charge in [0.15, 0.2) is 0 Å². The van der Waals surface area contributed by atoms with E-state index < -0.39 is 10.0 Å². The van der Waals surface area contributed by atoms with E-state index in [2.05, 4.69) is 33.8 Å². The highest BCUT2D eigenvalue weighted by Gasteiger charge is 2.23. The molecule has 8 heteroatoms. The number of anilines is 2. The Morgan fingerprint density at radius 1 is 1.03 bits per heavy atom. The quantitative estimate of drug-likeness (QED) is 0.570. The molecule has 1 aliphatic rings. The third-order valence-electron chi connectivity index (χ3n) is 5.70. The Kier molecular flexibility index (Phi) is 6.58. The van der Waals surface area contributed by atoms with Crippen LogP contribution in [0.4, 0.5) is 11.4 Å². The van der Waals surface area contributed by atoms with Crippen LogP contribution in [-0.4, -0.2) is 45.7 Å². The summed E-state index contributed by atoms with van der Waals surface area (Å²) in [6.45, 7) is 7.90. The largest absolute Gasteiger partial charge is 0.495 e. The van der Waals surface area contributed by atoms with Gasteiger partial charge in [-0.25, -0.2) is 8.42 Å². The molecule has 2 N–H and O–H groups in total. The lowest BCUT2D eigenvalue weighted by atomic mass is 10.1. The minimum Gasteiger partial charge on any atom is -0.495 e. The summed E-state index contributed by atoms with van der Waals surface area (Å²) in [6, 6.07) is 18.8. The summed E-state index contributed by atoms with van der Waals surface area (Å²) >= 11 is 0. The summed E-state index contributed by atoms with van der Waals surface area (Å²) in [5.41, 5.74) is 3.94. The predicted octanol–water partition coefficient (Wildman–Crippen LogP) is 4.05. The fourth-order valence-electron chi connectivity index (χ4n) is 4.22. The highest BCUT2D eigenvalue weighted by Crippen LogP contribution is 2.32. The Bertz CT molecular complexity index is 1220. The van der Waals surface area contributed by atoms with Gasteiger partial charge in [0.25, 0.3) is 10.0 Å². The summed E-state index contributed by atoms with van der Waals surface area (Å²) in [4.78, 5) is 6.93. The highest BCUT2D eigenvalue weighted by molar-refractivity contribution is 7.92. The molecule has 33 heavy (non-hydrogen) atoms. The Labute approximate surface area is 195 Å². The minimum absolute atomic E-state index is 0.177. The molecule has 7 nitrogen and oxygen atoms in total. The normalized spacial score (nSPS) is 18.7. The van der Waals surface area contributed by atoms with Crippen LogP contribution in [0, 0.1) is 6.92 Å². The SMILES string of the molecule is COc1ccc(N2C[C@@H](C)N[C@@H](C)C2)cc1NS(=O)(=O)c1ccc(-c2cccc(C)n2)cc1. The Balaban J connectivity index is 1.59. The molecule has 174 valence electrons. The molecule has 1 aromatic heterocycles. The molecule has 0 spiro atoms. The Morgan fingerprint density at radius 2 is 1.73 bits per heavy atom. The predicted molar refractivity (Wildman–Crippen MR) is 132 cm³/mol. The highest BCUT2D eigenvalue weighted by atomic mass is 32.2. The molecular weight excluding hydrogens is 436 g/mol. The fraction of sp³-hybridized carbons (Fsp3) is 0.320. The number of nitrogens with one attached hydrogen (secondary N) is 2. The topological polar surface area (TPSA) is 83.6 Å². The van der Waals surface area contributed by atoms with Crippen molar-refractivity contribution in [1.29, 1.82) is 0 Å². The van der Waals surface area contributed by atoms with Gasteiger partial charge in [-0.05, 0) is 63.2 Å². The van der Waals surface area contributed by atoms with Gasteiger partial charge in [-0.1, -0.05) is 18.2 Å². The standard InChI is InChI=1S/C25H30N4O3S/c1-17-6-5-7-23(27-17)20-8-11-22(12-9-20)33(30,31)28-24-14-21(10-13-25(24)32-4)29-15-18(2)26-19(3)16-29/h5-14,18-19,26,28H,15-16H2,1-4H3/t18-,19+. The first-order chi connectivity index (χ1) is 15.7.